The first-order valence-electron chi connectivity index (χ1n) is 7.89. The molecule has 1 aliphatic heterocycles. The van der Waals surface area contributed by atoms with E-state index in [4.69, 9.17) is 9.47 Å². The number of likely N-dealkylation sites (N-methyl/N-ethyl adjacent to an activating group) is 1. The third-order valence-corrected chi connectivity index (χ3v) is 4.19. The average Bonchev–Trinajstić information content (AvgIpc) is 2.80. The first kappa shape index (κ1) is 16.6. The molecule has 0 N–H and O–H groups in total. The molecule has 1 aliphatic rings. The highest BCUT2D eigenvalue weighted by Gasteiger charge is 2.19. The molecule has 22 heavy (non-hydrogen) atoms. The van der Waals surface area contributed by atoms with E-state index in [1.165, 1.54) is 0 Å². The molecule has 0 bridgehead atoms. The number of amides is 1. The van der Waals surface area contributed by atoms with Crippen molar-refractivity contribution in [3.63, 3.8) is 0 Å². The molecule has 1 aromatic rings. The predicted octanol–water partition coefficient (Wildman–Crippen LogP) is 1.80. The van der Waals surface area contributed by atoms with E-state index in [2.05, 4.69) is 11.8 Å². The Morgan fingerprint density at radius 3 is 2.55 bits per heavy atom. The molecule has 1 heterocycles. The second-order valence-electron chi connectivity index (χ2n) is 5.53. The van der Waals surface area contributed by atoms with Crippen molar-refractivity contribution in [2.24, 2.45) is 0 Å². The second-order valence-corrected chi connectivity index (χ2v) is 5.53. The maximum Gasteiger partial charge on any atom is 0.227 e. The van der Waals surface area contributed by atoms with E-state index in [-0.39, 0.29) is 5.91 Å². The van der Waals surface area contributed by atoms with E-state index in [9.17, 15) is 4.79 Å². The van der Waals surface area contributed by atoms with Gasteiger partial charge in [-0.05, 0) is 37.2 Å². The molecule has 0 unspecified atom stereocenters. The number of carbonyl (C=O) groups excluding carboxylic acids is 1. The molecule has 1 saturated heterocycles. The van der Waals surface area contributed by atoms with E-state index in [1.54, 1.807) is 14.2 Å². The summed E-state index contributed by atoms with van der Waals surface area (Å²) in [4.78, 5) is 16.9. The van der Waals surface area contributed by atoms with Gasteiger partial charge in [-0.1, -0.05) is 13.0 Å². The van der Waals surface area contributed by atoms with Crippen molar-refractivity contribution in [2.45, 2.75) is 19.8 Å². The largest absolute Gasteiger partial charge is 0.493 e. The summed E-state index contributed by atoms with van der Waals surface area (Å²) in [5, 5.41) is 0. The zero-order chi connectivity index (χ0) is 15.9. The van der Waals surface area contributed by atoms with Crippen LogP contribution in [0.15, 0.2) is 18.2 Å². The molecular weight excluding hydrogens is 280 g/mol. The zero-order valence-electron chi connectivity index (χ0n) is 13.8. The van der Waals surface area contributed by atoms with Crippen LogP contribution in [0.3, 0.4) is 0 Å². The quantitative estimate of drug-likeness (QED) is 0.832. The van der Waals surface area contributed by atoms with E-state index in [0.29, 0.717) is 17.9 Å². The van der Waals surface area contributed by atoms with Crippen LogP contribution in [0.1, 0.15) is 18.9 Å². The summed E-state index contributed by atoms with van der Waals surface area (Å²) in [5.41, 5.74) is 0.958. The van der Waals surface area contributed by atoms with Gasteiger partial charge in [0, 0.05) is 19.6 Å². The minimum Gasteiger partial charge on any atom is -0.493 e. The highest BCUT2D eigenvalue weighted by Crippen LogP contribution is 2.27. The van der Waals surface area contributed by atoms with Crippen molar-refractivity contribution in [1.82, 2.24) is 9.80 Å². The van der Waals surface area contributed by atoms with Gasteiger partial charge in [-0.2, -0.15) is 0 Å². The van der Waals surface area contributed by atoms with Crippen LogP contribution in [-0.4, -0.2) is 62.7 Å². The monoisotopic (exact) mass is 306 g/mol. The Bertz CT molecular complexity index is 505. The lowest BCUT2D eigenvalue weighted by molar-refractivity contribution is -0.130. The lowest BCUT2D eigenvalue weighted by atomic mass is 10.1. The van der Waals surface area contributed by atoms with Gasteiger partial charge >= 0.3 is 0 Å². The van der Waals surface area contributed by atoms with Crippen LogP contribution in [0.4, 0.5) is 0 Å². The van der Waals surface area contributed by atoms with Gasteiger partial charge in [-0.3, -0.25) is 4.79 Å². The van der Waals surface area contributed by atoms with E-state index >= 15 is 0 Å². The lowest BCUT2D eigenvalue weighted by Crippen LogP contribution is -2.36. The molecule has 0 atom stereocenters. The average molecular weight is 306 g/mol. The Labute approximate surface area is 132 Å². The zero-order valence-corrected chi connectivity index (χ0v) is 13.8. The van der Waals surface area contributed by atoms with E-state index < -0.39 is 0 Å². The van der Waals surface area contributed by atoms with Crippen molar-refractivity contribution >= 4 is 5.91 Å². The lowest BCUT2D eigenvalue weighted by Gasteiger charge is -2.21. The van der Waals surface area contributed by atoms with Gasteiger partial charge in [0.15, 0.2) is 11.5 Å². The van der Waals surface area contributed by atoms with Crippen LogP contribution in [0.5, 0.6) is 11.5 Å². The molecule has 122 valence electrons. The number of carbonyl (C=O) groups is 1. The highest BCUT2D eigenvalue weighted by atomic mass is 16.5. The predicted molar refractivity (Wildman–Crippen MR) is 86.6 cm³/mol. The molecule has 1 aromatic carbocycles. The van der Waals surface area contributed by atoms with Crippen molar-refractivity contribution in [3.8, 4) is 11.5 Å². The Morgan fingerprint density at radius 1 is 1.09 bits per heavy atom. The Balaban J connectivity index is 1.99. The number of methoxy groups -OCH3 is 2. The summed E-state index contributed by atoms with van der Waals surface area (Å²) in [5.74, 6) is 1.54. The van der Waals surface area contributed by atoms with Crippen LogP contribution >= 0.6 is 0 Å². The molecule has 0 aromatic heterocycles. The van der Waals surface area contributed by atoms with Crippen LogP contribution in [0.25, 0.3) is 0 Å². The van der Waals surface area contributed by atoms with Crippen molar-refractivity contribution in [1.29, 1.82) is 0 Å². The standard InChI is InChI=1S/C17H26N2O3/c1-4-18-8-5-9-19(11-10-18)17(20)13-14-6-7-15(21-2)16(12-14)22-3/h6-7,12H,4-5,8-11,13H2,1-3H3. The maximum atomic E-state index is 12.5. The smallest absolute Gasteiger partial charge is 0.227 e. The fourth-order valence-electron chi connectivity index (χ4n) is 2.81. The SMILES string of the molecule is CCN1CCCN(C(=O)Cc2ccc(OC)c(OC)c2)CC1. The molecular formula is C17H26N2O3. The van der Waals surface area contributed by atoms with Crippen LogP contribution < -0.4 is 9.47 Å². The van der Waals surface area contributed by atoms with Crippen molar-refractivity contribution < 1.29 is 14.3 Å². The number of hydrogen-bond donors (Lipinski definition) is 0. The third-order valence-electron chi connectivity index (χ3n) is 4.19. The molecule has 0 saturated carbocycles. The van der Waals surface area contributed by atoms with Crippen molar-refractivity contribution in [3.05, 3.63) is 23.8 Å². The van der Waals surface area contributed by atoms with Gasteiger partial charge in [0.1, 0.15) is 0 Å². The van der Waals surface area contributed by atoms with Gasteiger partial charge in [0.2, 0.25) is 5.91 Å². The summed E-state index contributed by atoms with van der Waals surface area (Å²) in [6.07, 6.45) is 1.46. The number of hydrogen-bond acceptors (Lipinski definition) is 4. The van der Waals surface area contributed by atoms with Crippen LogP contribution in [0.2, 0.25) is 0 Å². The van der Waals surface area contributed by atoms with Gasteiger partial charge < -0.3 is 19.3 Å². The van der Waals surface area contributed by atoms with E-state index in [1.807, 2.05) is 23.1 Å². The summed E-state index contributed by atoms with van der Waals surface area (Å²) >= 11 is 0. The Hall–Kier alpha value is -1.75. The van der Waals surface area contributed by atoms with E-state index in [0.717, 1.165) is 44.7 Å². The Kier molecular flexibility index (Phi) is 6.07. The normalized spacial score (nSPS) is 16.2. The first-order valence-corrected chi connectivity index (χ1v) is 7.89. The van der Waals surface area contributed by atoms with Gasteiger partial charge in [-0.25, -0.2) is 0 Å². The molecule has 1 fully saturated rings. The molecule has 0 spiro atoms. The second kappa shape index (κ2) is 8.03. The summed E-state index contributed by atoms with van der Waals surface area (Å²) in [6.45, 7) is 6.94. The van der Waals surface area contributed by atoms with Gasteiger partial charge in [0.25, 0.3) is 0 Å². The molecule has 2 rings (SSSR count). The first-order chi connectivity index (χ1) is 10.7. The van der Waals surface area contributed by atoms with Crippen molar-refractivity contribution in [2.75, 3.05) is 46.9 Å². The number of ether oxygens (including phenoxy) is 2. The number of rotatable bonds is 5. The molecule has 0 radical (unpaired) electrons. The number of nitrogens with zero attached hydrogens (tertiary/aromatic N) is 2. The topological polar surface area (TPSA) is 42.0 Å². The fourth-order valence-corrected chi connectivity index (χ4v) is 2.81. The molecule has 5 nitrogen and oxygen atoms in total. The Morgan fingerprint density at radius 2 is 1.86 bits per heavy atom. The highest BCUT2D eigenvalue weighted by molar-refractivity contribution is 5.79. The maximum absolute atomic E-state index is 12.5. The summed E-state index contributed by atoms with van der Waals surface area (Å²) in [7, 11) is 3.22. The summed E-state index contributed by atoms with van der Waals surface area (Å²) < 4.78 is 10.5. The molecule has 0 aliphatic carbocycles. The fraction of sp³-hybridized carbons (Fsp3) is 0.588. The molecule has 5 heteroatoms. The molecule has 1 amide bonds. The van der Waals surface area contributed by atoms with Gasteiger partial charge in [-0.15, -0.1) is 0 Å². The number of benzene rings is 1. The van der Waals surface area contributed by atoms with Gasteiger partial charge in [0.05, 0.1) is 20.6 Å². The third kappa shape index (κ3) is 4.13. The minimum absolute atomic E-state index is 0.185. The van der Waals surface area contributed by atoms with Crippen LogP contribution in [0, 0.1) is 0 Å². The summed E-state index contributed by atoms with van der Waals surface area (Å²) in [6, 6.07) is 5.66. The minimum atomic E-state index is 0.185. The van der Waals surface area contributed by atoms with Crippen LogP contribution in [-0.2, 0) is 11.2 Å².